The lowest BCUT2D eigenvalue weighted by atomic mass is 9.33. The van der Waals surface area contributed by atoms with Crippen LogP contribution in [-0.4, -0.2) is 34.0 Å². The fourth-order valence-electron chi connectivity index (χ4n) is 10.7. The standard InChI is InChI=1S/C30H48O4/c1-25(2)13-15-30(24(33)34)16-14-28(5)19(20(30)17-25)7-8-22-26(3)11-10-23(32)27(4,18-31)21(26)9-12-29(22,28)6/h7,20-23,31-32H,8-18H2,1-6H3,(H,33,34)/t20?,21?,22?,23-,26+,27+,28-,29-,30+/m1/s1. The lowest BCUT2D eigenvalue weighted by molar-refractivity contribution is -0.216. The van der Waals surface area contributed by atoms with E-state index in [2.05, 4.69) is 47.6 Å². The van der Waals surface area contributed by atoms with E-state index in [1.54, 1.807) is 0 Å². The molecule has 3 N–H and O–H groups in total. The van der Waals surface area contributed by atoms with E-state index in [9.17, 15) is 20.1 Å². The Morgan fingerprint density at radius 3 is 2.26 bits per heavy atom. The van der Waals surface area contributed by atoms with Gasteiger partial charge in [0.1, 0.15) is 0 Å². The topological polar surface area (TPSA) is 77.8 Å². The Bertz CT molecular complexity index is 907. The van der Waals surface area contributed by atoms with Crippen LogP contribution in [0.25, 0.3) is 0 Å². The molecule has 4 heteroatoms. The van der Waals surface area contributed by atoms with Crippen LogP contribution in [0.15, 0.2) is 11.6 Å². The van der Waals surface area contributed by atoms with E-state index >= 15 is 0 Å². The Morgan fingerprint density at radius 1 is 0.941 bits per heavy atom. The molecule has 5 aliphatic rings. The smallest absolute Gasteiger partial charge is 0.310 e. The van der Waals surface area contributed by atoms with Crippen molar-refractivity contribution >= 4 is 5.97 Å². The van der Waals surface area contributed by atoms with E-state index in [0.29, 0.717) is 11.8 Å². The van der Waals surface area contributed by atoms with Gasteiger partial charge in [-0.2, -0.15) is 0 Å². The monoisotopic (exact) mass is 472 g/mol. The first-order valence-corrected chi connectivity index (χ1v) is 13.9. The van der Waals surface area contributed by atoms with Gasteiger partial charge in [0.25, 0.3) is 0 Å². The molecule has 0 radical (unpaired) electrons. The number of aliphatic hydroxyl groups excluding tert-OH is 2. The average molecular weight is 473 g/mol. The third kappa shape index (κ3) is 2.88. The van der Waals surface area contributed by atoms with E-state index in [4.69, 9.17) is 0 Å². The minimum absolute atomic E-state index is 0.0204. The molecule has 4 fully saturated rings. The highest BCUT2D eigenvalue weighted by Gasteiger charge is 2.69. The van der Waals surface area contributed by atoms with Crippen LogP contribution in [0.2, 0.25) is 0 Å². The molecule has 3 unspecified atom stereocenters. The fraction of sp³-hybridized carbons (Fsp3) is 0.900. The maximum absolute atomic E-state index is 12.8. The van der Waals surface area contributed by atoms with Crippen molar-refractivity contribution in [2.24, 2.45) is 50.2 Å². The van der Waals surface area contributed by atoms with E-state index < -0.39 is 22.9 Å². The number of carboxylic acids is 1. The van der Waals surface area contributed by atoms with Gasteiger partial charge in [0, 0.05) is 5.41 Å². The van der Waals surface area contributed by atoms with Crippen molar-refractivity contribution in [2.45, 2.75) is 112 Å². The quantitative estimate of drug-likeness (QED) is 0.418. The van der Waals surface area contributed by atoms with Crippen molar-refractivity contribution in [3.05, 3.63) is 11.6 Å². The SMILES string of the molecule is CC1(C)CC[C@]2(C(=O)O)CC[C@]3(C)C(=CCC4[C@@]5(C)CC[C@@H](O)[C@@](C)(CO)C5CC[C@]43C)C2C1. The third-order valence-electron chi connectivity index (χ3n) is 13.2. The van der Waals surface area contributed by atoms with Gasteiger partial charge in [0.2, 0.25) is 0 Å². The van der Waals surface area contributed by atoms with Gasteiger partial charge in [-0.15, -0.1) is 0 Å². The number of allylic oxidation sites excluding steroid dienone is 2. The molecule has 34 heavy (non-hydrogen) atoms. The summed E-state index contributed by atoms with van der Waals surface area (Å²) in [4.78, 5) is 12.8. The Labute approximate surface area is 206 Å². The molecule has 0 spiro atoms. The molecular weight excluding hydrogens is 424 g/mol. The van der Waals surface area contributed by atoms with Gasteiger partial charge >= 0.3 is 5.97 Å². The third-order valence-corrected chi connectivity index (χ3v) is 13.2. The molecule has 9 atom stereocenters. The van der Waals surface area contributed by atoms with Crippen molar-refractivity contribution in [3.63, 3.8) is 0 Å². The lowest BCUT2D eigenvalue weighted by Gasteiger charge is -2.71. The number of rotatable bonds is 2. The molecule has 5 rings (SSSR count). The van der Waals surface area contributed by atoms with Crippen LogP contribution in [0.4, 0.5) is 0 Å². The van der Waals surface area contributed by atoms with Gasteiger partial charge < -0.3 is 15.3 Å². The Kier molecular flexibility index (Phi) is 5.36. The molecule has 0 saturated heterocycles. The summed E-state index contributed by atoms with van der Waals surface area (Å²) in [7, 11) is 0. The maximum Gasteiger partial charge on any atom is 0.310 e. The normalized spacial score (nSPS) is 54.1. The summed E-state index contributed by atoms with van der Waals surface area (Å²) in [6.45, 7) is 14.3. The zero-order valence-electron chi connectivity index (χ0n) is 22.4. The van der Waals surface area contributed by atoms with Crippen LogP contribution in [0.1, 0.15) is 106 Å². The summed E-state index contributed by atoms with van der Waals surface area (Å²) >= 11 is 0. The number of fused-ring (bicyclic) bond motifs is 7. The summed E-state index contributed by atoms with van der Waals surface area (Å²) in [5, 5.41) is 31.8. The van der Waals surface area contributed by atoms with Gasteiger partial charge in [-0.25, -0.2) is 0 Å². The second-order valence-electron chi connectivity index (χ2n) is 14.9. The van der Waals surface area contributed by atoms with Crippen molar-refractivity contribution in [1.82, 2.24) is 0 Å². The number of aliphatic hydroxyl groups is 2. The highest BCUT2D eigenvalue weighted by atomic mass is 16.4. The van der Waals surface area contributed by atoms with Crippen LogP contribution < -0.4 is 0 Å². The zero-order chi connectivity index (χ0) is 24.9. The molecule has 5 aliphatic carbocycles. The molecule has 0 bridgehead atoms. The van der Waals surface area contributed by atoms with Crippen LogP contribution in [0.5, 0.6) is 0 Å². The fourth-order valence-corrected chi connectivity index (χ4v) is 10.7. The zero-order valence-corrected chi connectivity index (χ0v) is 22.4. The van der Waals surface area contributed by atoms with E-state index in [1.807, 2.05) is 0 Å². The Hall–Kier alpha value is -0.870. The second kappa shape index (κ2) is 7.34. The molecular formula is C30H48O4. The second-order valence-corrected chi connectivity index (χ2v) is 14.9. The van der Waals surface area contributed by atoms with Gasteiger partial charge in [-0.05, 0) is 104 Å². The molecule has 4 nitrogen and oxygen atoms in total. The summed E-state index contributed by atoms with van der Waals surface area (Å²) in [6, 6.07) is 0. The predicted octanol–water partition coefficient (Wildman–Crippen LogP) is 6.21. The van der Waals surface area contributed by atoms with Crippen molar-refractivity contribution in [3.8, 4) is 0 Å². The minimum Gasteiger partial charge on any atom is -0.481 e. The van der Waals surface area contributed by atoms with Crippen LogP contribution in [-0.2, 0) is 4.79 Å². The molecule has 0 aliphatic heterocycles. The number of aliphatic carboxylic acids is 1. The van der Waals surface area contributed by atoms with E-state index in [1.165, 1.54) is 5.57 Å². The first kappa shape index (κ1) is 24.8. The summed E-state index contributed by atoms with van der Waals surface area (Å²) in [5.41, 5.74) is 0.858. The molecule has 0 aromatic rings. The molecule has 0 aromatic heterocycles. The maximum atomic E-state index is 12.8. The van der Waals surface area contributed by atoms with Gasteiger partial charge in [-0.3, -0.25) is 4.79 Å². The van der Waals surface area contributed by atoms with Crippen molar-refractivity contribution in [1.29, 1.82) is 0 Å². The first-order valence-electron chi connectivity index (χ1n) is 13.9. The molecule has 0 heterocycles. The summed E-state index contributed by atoms with van der Waals surface area (Å²) in [6.07, 6.45) is 11.6. The number of hydrogen-bond acceptors (Lipinski definition) is 3. The van der Waals surface area contributed by atoms with Crippen LogP contribution >= 0.6 is 0 Å². The van der Waals surface area contributed by atoms with Crippen LogP contribution in [0.3, 0.4) is 0 Å². The predicted molar refractivity (Wildman–Crippen MR) is 134 cm³/mol. The molecule has 0 amide bonds. The number of hydrogen-bond donors (Lipinski definition) is 3. The van der Waals surface area contributed by atoms with Gasteiger partial charge in [0.15, 0.2) is 0 Å². The Balaban J connectivity index is 1.60. The summed E-state index contributed by atoms with van der Waals surface area (Å²) < 4.78 is 0. The van der Waals surface area contributed by atoms with Crippen LogP contribution in [0, 0.1) is 50.2 Å². The van der Waals surface area contributed by atoms with Crippen molar-refractivity contribution in [2.75, 3.05) is 6.61 Å². The van der Waals surface area contributed by atoms with Gasteiger partial charge in [0.05, 0.1) is 18.1 Å². The molecule has 0 aromatic carbocycles. The van der Waals surface area contributed by atoms with Gasteiger partial charge in [-0.1, -0.05) is 53.2 Å². The number of carbonyl (C=O) groups is 1. The summed E-state index contributed by atoms with van der Waals surface area (Å²) in [5.74, 6) is 0.395. The van der Waals surface area contributed by atoms with E-state index in [0.717, 1.165) is 64.2 Å². The first-order chi connectivity index (χ1) is 15.7. The molecule has 192 valence electrons. The average Bonchev–Trinajstić information content (AvgIpc) is 2.76. The Morgan fingerprint density at radius 2 is 1.62 bits per heavy atom. The largest absolute Gasteiger partial charge is 0.481 e. The highest BCUT2D eigenvalue weighted by molar-refractivity contribution is 5.76. The van der Waals surface area contributed by atoms with E-state index in [-0.39, 0.29) is 34.2 Å². The lowest BCUT2D eigenvalue weighted by Crippen LogP contribution is -2.65. The minimum atomic E-state index is -0.588. The van der Waals surface area contributed by atoms with Crippen molar-refractivity contribution < 1.29 is 20.1 Å². The highest BCUT2D eigenvalue weighted by Crippen LogP contribution is 2.75. The number of carboxylic acid groups (broad SMARTS) is 1. The molecule has 4 saturated carbocycles.